The smallest absolute Gasteiger partial charge is 0.0765 e. The number of rotatable bonds is 5. The summed E-state index contributed by atoms with van der Waals surface area (Å²) in [5, 5.41) is 8.31. The number of hydrogen-bond donors (Lipinski definition) is 1. The highest BCUT2D eigenvalue weighted by Gasteiger charge is 2.24. The van der Waals surface area contributed by atoms with E-state index in [1.54, 1.807) is 0 Å². The highest BCUT2D eigenvalue weighted by Crippen LogP contribution is 2.14. The van der Waals surface area contributed by atoms with Crippen LogP contribution in [-0.2, 0) is 6.54 Å². The summed E-state index contributed by atoms with van der Waals surface area (Å²) < 4.78 is 2.10. The highest BCUT2D eigenvalue weighted by atomic mass is 15.3. The molecule has 2 heterocycles. The Labute approximate surface area is 117 Å². The molecule has 0 saturated carbocycles. The highest BCUT2D eigenvalue weighted by molar-refractivity contribution is 5.01. The molecule has 1 N–H and O–H groups in total. The van der Waals surface area contributed by atoms with Crippen LogP contribution in [0.2, 0.25) is 0 Å². The van der Waals surface area contributed by atoms with Gasteiger partial charge in [-0.1, -0.05) is 13.8 Å². The van der Waals surface area contributed by atoms with Crippen LogP contribution in [-0.4, -0.2) is 39.9 Å². The van der Waals surface area contributed by atoms with Gasteiger partial charge in [-0.15, -0.1) is 0 Å². The summed E-state index contributed by atoms with van der Waals surface area (Å²) in [5.41, 5.74) is 1.20. The van der Waals surface area contributed by atoms with Gasteiger partial charge in [-0.25, -0.2) is 0 Å². The molecule has 108 valence electrons. The Kier molecular flexibility index (Phi) is 4.99. The molecule has 4 nitrogen and oxygen atoms in total. The predicted octanol–water partition coefficient (Wildman–Crippen LogP) is 2.43. The summed E-state index contributed by atoms with van der Waals surface area (Å²) in [6.45, 7) is 12.2. The summed E-state index contributed by atoms with van der Waals surface area (Å²) >= 11 is 0. The van der Waals surface area contributed by atoms with Crippen molar-refractivity contribution in [3.05, 3.63) is 18.0 Å². The molecule has 3 atom stereocenters. The van der Waals surface area contributed by atoms with E-state index in [2.05, 4.69) is 54.9 Å². The van der Waals surface area contributed by atoms with Crippen molar-refractivity contribution in [2.24, 2.45) is 0 Å². The van der Waals surface area contributed by atoms with Crippen molar-refractivity contribution in [3.8, 4) is 0 Å². The fourth-order valence-electron chi connectivity index (χ4n) is 2.59. The first-order valence-corrected chi connectivity index (χ1v) is 7.65. The van der Waals surface area contributed by atoms with Gasteiger partial charge in [-0.3, -0.25) is 9.58 Å². The van der Waals surface area contributed by atoms with Gasteiger partial charge in [0.15, 0.2) is 0 Å². The quantitative estimate of drug-likeness (QED) is 0.886. The van der Waals surface area contributed by atoms with Gasteiger partial charge < -0.3 is 5.32 Å². The normalized spacial score (nSPS) is 26.5. The van der Waals surface area contributed by atoms with Crippen molar-refractivity contribution >= 4 is 0 Å². The summed E-state index contributed by atoms with van der Waals surface area (Å²) in [6, 6.07) is 3.89. The molecule has 1 aromatic rings. The number of piperazine rings is 1. The zero-order chi connectivity index (χ0) is 13.8. The van der Waals surface area contributed by atoms with Crippen LogP contribution in [0.25, 0.3) is 0 Å². The van der Waals surface area contributed by atoms with E-state index >= 15 is 0 Å². The maximum absolute atomic E-state index is 4.72. The second kappa shape index (κ2) is 6.53. The lowest BCUT2D eigenvalue weighted by atomic mass is 10.1. The standard InChI is InChI=1S/C15H28N4/c1-5-12(3)19-8-7-15(17-19)11-18-10-14(6-2)16-9-13(18)4/h7-8,12-14,16H,5-6,9-11H2,1-4H3. The molecule has 0 bridgehead atoms. The van der Waals surface area contributed by atoms with E-state index in [4.69, 9.17) is 5.10 Å². The van der Waals surface area contributed by atoms with Gasteiger partial charge in [-0.2, -0.15) is 5.10 Å². The second-order valence-corrected chi connectivity index (χ2v) is 5.84. The van der Waals surface area contributed by atoms with E-state index in [0.717, 1.165) is 26.1 Å². The van der Waals surface area contributed by atoms with Gasteiger partial charge >= 0.3 is 0 Å². The lowest BCUT2D eigenvalue weighted by molar-refractivity contribution is 0.129. The van der Waals surface area contributed by atoms with E-state index in [-0.39, 0.29) is 0 Å². The van der Waals surface area contributed by atoms with Crippen LogP contribution < -0.4 is 5.32 Å². The summed E-state index contributed by atoms with van der Waals surface area (Å²) in [7, 11) is 0. The van der Waals surface area contributed by atoms with Gasteiger partial charge in [0.05, 0.1) is 5.69 Å². The van der Waals surface area contributed by atoms with Crippen molar-refractivity contribution in [2.45, 2.75) is 65.2 Å². The third-order valence-corrected chi connectivity index (χ3v) is 4.34. The lowest BCUT2D eigenvalue weighted by Crippen LogP contribution is -2.54. The Morgan fingerprint density at radius 2 is 2.26 bits per heavy atom. The maximum atomic E-state index is 4.72. The Hall–Kier alpha value is -0.870. The average Bonchev–Trinajstić information content (AvgIpc) is 2.89. The molecule has 0 aromatic carbocycles. The van der Waals surface area contributed by atoms with E-state index in [9.17, 15) is 0 Å². The van der Waals surface area contributed by atoms with Crippen LogP contribution in [0.3, 0.4) is 0 Å². The first kappa shape index (κ1) is 14.5. The average molecular weight is 264 g/mol. The van der Waals surface area contributed by atoms with Gasteiger partial charge in [-0.05, 0) is 32.8 Å². The SMILES string of the molecule is CCC1CN(Cc2ccn(C(C)CC)n2)C(C)CN1. The largest absolute Gasteiger partial charge is 0.311 e. The van der Waals surface area contributed by atoms with Crippen molar-refractivity contribution in [1.29, 1.82) is 0 Å². The van der Waals surface area contributed by atoms with E-state index in [1.807, 2.05) is 0 Å². The van der Waals surface area contributed by atoms with Crippen LogP contribution in [0.15, 0.2) is 12.3 Å². The third kappa shape index (κ3) is 3.57. The minimum atomic E-state index is 0.498. The van der Waals surface area contributed by atoms with Crippen molar-refractivity contribution in [3.63, 3.8) is 0 Å². The van der Waals surface area contributed by atoms with Crippen LogP contribution in [0.5, 0.6) is 0 Å². The first-order valence-electron chi connectivity index (χ1n) is 7.65. The Morgan fingerprint density at radius 3 is 2.95 bits per heavy atom. The van der Waals surface area contributed by atoms with Gasteiger partial charge in [0.2, 0.25) is 0 Å². The maximum Gasteiger partial charge on any atom is 0.0765 e. The molecule has 0 spiro atoms. The second-order valence-electron chi connectivity index (χ2n) is 5.84. The van der Waals surface area contributed by atoms with Crippen molar-refractivity contribution in [2.75, 3.05) is 13.1 Å². The first-order chi connectivity index (χ1) is 9.13. The Bertz CT molecular complexity index is 387. The topological polar surface area (TPSA) is 33.1 Å². The minimum Gasteiger partial charge on any atom is -0.311 e. The Balaban J connectivity index is 1.97. The monoisotopic (exact) mass is 264 g/mol. The third-order valence-electron chi connectivity index (χ3n) is 4.34. The molecule has 0 amide bonds. The van der Waals surface area contributed by atoms with Gasteiger partial charge in [0.25, 0.3) is 0 Å². The Morgan fingerprint density at radius 1 is 1.47 bits per heavy atom. The molecule has 1 fully saturated rings. The number of nitrogens with zero attached hydrogens (tertiary/aromatic N) is 3. The molecule has 1 saturated heterocycles. The predicted molar refractivity (Wildman–Crippen MR) is 79.2 cm³/mol. The molecule has 1 aliphatic rings. The molecule has 0 radical (unpaired) electrons. The minimum absolute atomic E-state index is 0.498. The molecular formula is C15H28N4. The summed E-state index contributed by atoms with van der Waals surface area (Å²) in [5.74, 6) is 0. The van der Waals surface area contributed by atoms with Gasteiger partial charge in [0, 0.05) is 44.0 Å². The molecule has 2 rings (SSSR count). The molecule has 4 heteroatoms. The molecule has 1 aliphatic heterocycles. The lowest BCUT2D eigenvalue weighted by Gasteiger charge is -2.38. The zero-order valence-electron chi connectivity index (χ0n) is 12.8. The molecule has 19 heavy (non-hydrogen) atoms. The van der Waals surface area contributed by atoms with Crippen LogP contribution in [0, 0.1) is 0 Å². The molecule has 1 aromatic heterocycles. The van der Waals surface area contributed by atoms with Crippen LogP contribution in [0.4, 0.5) is 0 Å². The zero-order valence-corrected chi connectivity index (χ0v) is 12.8. The molecular weight excluding hydrogens is 236 g/mol. The van der Waals surface area contributed by atoms with Crippen LogP contribution in [0.1, 0.15) is 52.3 Å². The van der Waals surface area contributed by atoms with Crippen molar-refractivity contribution in [1.82, 2.24) is 20.0 Å². The summed E-state index contributed by atoms with van der Waals surface area (Å²) in [4.78, 5) is 2.55. The van der Waals surface area contributed by atoms with E-state index in [0.29, 0.717) is 18.1 Å². The number of aromatic nitrogens is 2. The number of nitrogens with one attached hydrogen (secondary N) is 1. The molecule has 0 aliphatic carbocycles. The van der Waals surface area contributed by atoms with E-state index in [1.165, 1.54) is 12.1 Å². The fraction of sp³-hybridized carbons (Fsp3) is 0.800. The van der Waals surface area contributed by atoms with Crippen molar-refractivity contribution < 1.29 is 0 Å². The summed E-state index contributed by atoms with van der Waals surface area (Å²) in [6.07, 6.45) is 4.45. The van der Waals surface area contributed by atoms with Crippen LogP contribution >= 0.6 is 0 Å². The number of hydrogen-bond acceptors (Lipinski definition) is 3. The van der Waals surface area contributed by atoms with Gasteiger partial charge in [0.1, 0.15) is 0 Å². The van der Waals surface area contributed by atoms with E-state index < -0.39 is 0 Å². The fourth-order valence-corrected chi connectivity index (χ4v) is 2.59. The molecule has 3 unspecified atom stereocenters.